The zero-order valence-electron chi connectivity index (χ0n) is 12.0. The van der Waals surface area contributed by atoms with Gasteiger partial charge >= 0.3 is 0 Å². The van der Waals surface area contributed by atoms with Gasteiger partial charge in [0.25, 0.3) is 0 Å². The molecular weight excluding hydrogens is 272 g/mol. The second kappa shape index (κ2) is 7.13. The number of aromatic nitrogens is 1. The number of benzene rings is 1. The van der Waals surface area contributed by atoms with E-state index >= 15 is 0 Å². The lowest BCUT2D eigenvalue weighted by molar-refractivity contribution is 0.594. The van der Waals surface area contributed by atoms with Crippen LogP contribution in [-0.4, -0.2) is 18.1 Å². The lowest BCUT2D eigenvalue weighted by atomic mass is 10.1. The van der Waals surface area contributed by atoms with Crippen molar-refractivity contribution < 1.29 is 8.78 Å². The van der Waals surface area contributed by atoms with Crippen LogP contribution in [0.1, 0.15) is 25.1 Å². The van der Waals surface area contributed by atoms with Gasteiger partial charge in [-0.1, -0.05) is 6.07 Å². The first-order valence-corrected chi connectivity index (χ1v) is 6.97. The number of halogens is 2. The summed E-state index contributed by atoms with van der Waals surface area (Å²) < 4.78 is 26.1. The predicted octanol–water partition coefficient (Wildman–Crippen LogP) is 3.28. The largest absolute Gasteiger partial charge is 0.372 e. The highest BCUT2D eigenvalue weighted by Crippen LogP contribution is 2.18. The minimum absolute atomic E-state index is 0.254. The average molecular weight is 291 g/mol. The van der Waals surface area contributed by atoms with E-state index in [-0.39, 0.29) is 17.7 Å². The van der Waals surface area contributed by atoms with Crippen LogP contribution in [0.2, 0.25) is 0 Å². The SMILES string of the molecule is CCN(CCC(N)c1ccc(F)cn1)c1cccc(F)c1. The molecule has 1 unspecified atom stereocenters. The predicted molar refractivity (Wildman–Crippen MR) is 80.0 cm³/mol. The fraction of sp³-hybridized carbons (Fsp3) is 0.312. The van der Waals surface area contributed by atoms with Crippen LogP contribution in [-0.2, 0) is 0 Å². The summed E-state index contributed by atoms with van der Waals surface area (Å²) in [6.07, 6.45) is 1.82. The maximum Gasteiger partial charge on any atom is 0.141 e. The van der Waals surface area contributed by atoms with Crippen LogP contribution >= 0.6 is 0 Å². The number of pyridine rings is 1. The summed E-state index contributed by atoms with van der Waals surface area (Å²) in [5, 5.41) is 0. The van der Waals surface area contributed by atoms with Gasteiger partial charge in [-0.05, 0) is 43.7 Å². The van der Waals surface area contributed by atoms with Gasteiger partial charge < -0.3 is 10.6 Å². The lowest BCUT2D eigenvalue weighted by Gasteiger charge is -2.24. The summed E-state index contributed by atoms with van der Waals surface area (Å²) in [6, 6.07) is 9.16. The zero-order valence-corrected chi connectivity index (χ0v) is 12.0. The smallest absolute Gasteiger partial charge is 0.141 e. The van der Waals surface area contributed by atoms with Crippen LogP contribution in [0.3, 0.4) is 0 Å². The van der Waals surface area contributed by atoms with Crippen molar-refractivity contribution in [2.75, 3.05) is 18.0 Å². The van der Waals surface area contributed by atoms with E-state index in [2.05, 4.69) is 4.98 Å². The third-order valence-corrected chi connectivity index (χ3v) is 3.40. The normalized spacial score (nSPS) is 12.2. The molecule has 0 bridgehead atoms. The molecule has 0 radical (unpaired) electrons. The van der Waals surface area contributed by atoms with Gasteiger partial charge in [0, 0.05) is 24.8 Å². The van der Waals surface area contributed by atoms with Gasteiger partial charge in [-0.3, -0.25) is 4.98 Å². The molecule has 1 aromatic carbocycles. The fourth-order valence-corrected chi connectivity index (χ4v) is 2.19. The first-order chi connectivity index (χ1) is 10.1. The molecule has 0 aliphatic rings. The van der Waals surface area contributed by atoms with Crippen LogP contribution in [0.5, 0.6) is 0 Å². The maximum absolute atomic E-state index is 13.3. The number of rotatable bonds is 6. The van der Waals surface area contributed by atoms with Crippen LogP contribution in [0.4, 0.5) is 14.5 Å². The highest BCUT2D eigenvalue weighted by Gasteiger charge is 2.11. The maximum atomic E-state index is 13.3. The minimum atomic E-state index is -0.374. The first kappa shape index (κ1) is 15.4. The molecule has 1 heterocycles. The molecule has 112 valence electrons. The van der Waals surface area contributed by atoms with Crippen molar-refractivity contribution in [2.45, 2.75) is 19.4 Å². The third-order valence-electron chi connectivity index (χ3n) is 3.40. The Kier molecular flexibility index (Phi) is 5.22. The van der Waals surface area contributed by atoms with Crippen LogP contribution in [0.15, 0.2) is 42.6 Å². The zero-order chi connectivity index (χ0) is 15.2. The molecule has 0 spiro atoms. The number of nitrogens with zero attached hydrogens (tertiary/aromatic N) is 2. The molecule has 2 N–H and O–H groups in total. The van der Waals surface area contributed by atoms with Crippen molar-refractivity contribution >= 4 is 5.69 Å². The molecule has 3 nitrogen and oxygen atoms in total. The standard InChI is InChI=1S/C16H19F2N3/c1-2-21(14-5-3-4-12(17)10-14)9-8-15(19)16-7-6-13(18)11-20-16/h3-7,10-11,15H,2,8-9,19H2,1H3. The minimum Gasteiger partial charge on any atom is -0.372 e. The molecule has 2 aromatic rings. The Morgan fingerprint density at radius 1 is 1.19 bits per heavy atom. The third kappa shape index (κ3) is 4.23. The van der Waals surface area contributed by atoms with Gasteiger partial charge in [0.05, 0.1) is 11.9 Å². The van der Waals surface area contributed by atoms with E-state index in [1.165, 1.54) is 24.4 Å². The monoisotopic (exact) mass is 291 g/mol. The Balaban J connectivity index is 1.98. The fourth-order valence-electron chi connectivity index (χ4n) is 2.19. The Morgan fingerprint density at radius 2 is 2.00 bits per heavy atom. The molecule has 1 aromatic heterocycles. The number of hydrogen-bond donors (Lipinski definition) is 1. The molecule has 5 heteroatoms. The Bertz CT molecular complexity index is 572. The van der Waals surface area contributed by atoms with Crippen molar-refractivity contribution in [3.63, 3.8) is 0 Å². The van der Waals surface area contributed by atoms with Crippen LogP contribution in [0.25, 0.3) is 0 Å². The Hall–Kier alpha value is -2.01. The summed E-state index contributed by atoms with van der Waals surface area (Å²) in [7, 11) is 0. The van der Waals surface area contributed by atoms with E-state index in [4.69, 9.17) is 5.73 Å². The number of nitrogens with two attached hydrogens (primary N) is 1. The van der Waals surface area contributed by atoms with Gasteiger partial charge in [0.15, 0.2) is 0 Å². The van der Waals surface area contributed by atoms with Crippen molar-refractivity contribution in [3.05, 3.63) is 59.9 Å². The van der Waals surface area contributed by atoms with Gasteiger partial charge in [-0.2, -0.15) is 0 Å². The van der Waals surface area contributed by atoms with Crippen molar-refractivity contribution in [3.8, 4) is 0 Å². The van der Waals surface area contributed by atoms with Crippen LogP contribution in [0, 0.1) is 11.6 Å². The van der Waals surface area contributed by atoms with Crippen molar-refractivity contribution in [2.24, 2.45) is 5.73 Å². The second-order valence-corrected chi connectivity index (χ2v) is 4.86. The molecule has 0 saturated heterocycles. The molecule has 0 amide bonds. The number of anilines is 1. The quantitative estimate of drug-likeness (QED) is 0.888. The van der Waals surface area contributed by atoms with E-state index in [0.717, 1.165) is 12.2 Å². The van der Waals surface area contributed by atoms with Gasteiger partial charge in [0.2, 0.25) is 0 Å². The van der Waals surface area contributed by atoms with E-state index in [1.807, 2.05) is 17.9 Å². The molecule has 0 saturated carbocycles. The van der Waals surface area contributed by atoms with Gasteiger partial charge in [-0.15, -0.1) is 0 Å². The van der Waals surface area contributed by atoms with Gasteiger partial charge in [-0.25, -0.2) is 8.78 Å². The summed E-state index contributed by atoms with van der Waals surface area (Å²) >= 11 is 0. The molecule has 0 aliphatic heterocycles. The van der Waals surface area contributed by atoms with Crippen molar-refractivity contribution in [1.29, 1.82) is 0 Å². The van der Waals surface area contributed by atoms with E-state index in [1.54, 1.807) is 12.1 Å². The van der Waals surface area contributed by atoms with Gasteiger partial charge in [0.1, 0.15) is 11.6 Å². The Morgan fingerprint density at radius 3 is 2.62 bits per heavy atom. The summed E-state index contributed by atoms with van der Waals surface area (Å²) in [5.41, 5.74) is 7.56. The summed E-state index contributed by atoms with van der Waals surface area (Å²) in [4.78, 5) is 6.04. The molecule has 21 heavy (non-hydrogen) atoms. The molecule has 0 aliphatic carbocycles. The highest BCUT2D eigenvalue weighted by molar-refractivity contribution is 5.46. The first-order valence-electron chi connectivity index (χ1n) is 6.97. The Labute approximate surface area is 123 Å². The lowest BCUT2D eigenvalue weighted by Crippen LogP contribution is -2.27. The van der Waals surface area contributed by atoms with Crippen molar-refractivity contribution in [1.82, 2.24) is 4.98 Å². The number of hydrogen-bond acceptors (Lipinski definition) is 3. The van der Waals surface area contributed by atoms with E-state index in [0.29, 0.717) is 18.7 Å². The molecule has 2 rings (SSSR count). The average Bonchev–Trinajstić information content (AvgIpc) is 2.48. The van der Waals surface area contributed by atoms with E-state index < -0.39 is 0 Å². The summed E-state index contributed by atoms with van der Waals surface area (Å²) in [6.45, 7) is 3.44. The summed E-state index contributed by atoms with van der Waals surface area (Å²) in [5.74, 6) is -0.628. The molecule has 0 fully saturated rings. The molecular formula is C16H19F2N3. The molecule has 1 atom stereocenters. The van der Waals surface area contributed by atoms with Crippen LogP contribution < -0.4 is 10.6 Å². The second-order valence-electron chi connectivity index (χ2n) is 4.86. The highest BCUT2D eigenvalue weighted by atomic mass is 19.1. The topological polar surface area (TPSA) is 42.1 Å². The van der Waals surface area contributed by atoms with E-state index in [9.17, 15) is 8.78 Å².